The van der Waals surface area contributed by atoms with Crippen LogP contribution in [-0.2, 0) is 11.8 Å². The lowest BCUT2D eigenvalue weighted by Crippen LogP contribution is -2.06. The molecule has 0 aliphatic rings. The minimum Gasteiger partial charge on any atom is -0.479 e. The Kier molecular flexibility index (Phi) is 1.84. The summed E-state index contributed by atoms with van der Waals surface area (Å²) in [5, 5.41) is 14.9. The maximum Gasteiger partial charge on any atom is 0.344 e. The molecule has 0 bridgehead atoms. The molecule has 1 unspecified atom stereocenters. The zero-order valence-corrected chi connectivity index (χ0v) is 5.73. The fourth-order valence-corrected chi connectivity index (χ4v) is 0.608. The summed E-state index contributed by atoms with van der Waals surface area (Å²) in [7, 11) is 1.53. The van der Waals surface area contributed by atoms with E-state index in [4.69, 9.17) is 5.11 Å². The quantitative estimate of drug-likeness (QED) is 0.654. The fraction of sp³-hybridized carbons (Fsp3) is 0.400. The second kappa shape index (κ2) is 2.65. The van der Waals surface area contributed by atoms with Crippen LogP contribution in [0.4, 0.5) is 4.39 Å². The summed E-state index contributed by atoms with van der Waals surface area (Å²) in [6, 6.07) is 0. The monoisotopic (exact) mass is 159 g/mol. The molecule has 1 heterocycles. The molecule has 6 heteroatoms. The molecule has 0 aliphatic carbocycles. The molecule has 0 amide bonds. The van der Waals surface area contributed by atoms with Gasteiger partial charge < -0.3 is 5.11 Å². The van der Waals surface area contributed by atoms with Crippen molar-refractivity contribution >= 4 is 5.97 Å². The predicted octanol–water partition coefficient (Wildman–Crippen LogP) is -0.0897. The van der Waals surface area contributed by atoms with Gasteiger partial charge in [-0.25, -0.2) is 9.18 Å². The Bertz CT molecular complexity index is 272. The van der Waals surface area contributed by atoms with Crippen molar-refractivity contribution < 1.29 is 14.3 Å². The second-order valence-corrected chi connectivity index (χ2v) is 2.02. The zero-order valence-electron chi connectivity index (χ0n) is 5.73. The van der Waals surface area contributed by atoms with Gasteiger partial charge in [0.1, 0.15) is 5.69 Å². The van der Waals surface area contributed by atoms with E-state index >= 15 is 0 Å². The van der Waals surface area contributed by atoms with Gasteiger partial charge in [0.05, 0.1) is 6.20 Å². The van der Waals surface area contributed by atoms with Crippen LogP contribution in [0.1, 0.15) is 11.9 Å². The van der Waals surface area contributed by atoms with Gasteiger partial charge in [-0.3, -0.25) is 4.68 Å². The number of halogens is 1. The van der Waals surface area contributed by atoms with E-state index in [2.05, 4.69) is 10.3 Å². The first-order valence-electron chi connectivity index (χ1n) is 2.84. The summed E-state index contributed by atoms with van der Waals surface area (Å²) in [6.07, 6.45) is -0.859. The lowest BCUT2D eigenvalue weighted by atomic mass is 10.3. The summed E-state index contributed by atoms with van der Waals surface area (Å²) in [4.78, 5) is 10.1. The largest absolute Gasteiger partial charge is 0.479 e. The molecule has 0 saturated heterocycles. The number of hydrogen-bond acceptors (Lipinski definition) is 3. The van der Waals surface area contributed by atoms with E-state index in [0.29, 0.717) is 0 Å². The molecule has 0 aromatic carbocycles. The van der Waals surface area contributed by atoms with Crippen LogP contribution in [0.2, 0.25) is 0 Å². The Hall–Kier alpha value is -1.46. The van der Waals surface area contributed by atoms with Gasteiger partial charge in [0, 0.05) is 7.05 Å². The summed E-state index contributed by atoms with van der Waals surface area (Å²) in [5.74, 6) is -1.55. The summed E-state index contributed by atoms with van der Waals surface area (Å²) in [6.45, 7) is 0. The Morgan fingerprint density at radius 1 is 1.91 bits per heavy atom. The van der Waals surface area contributed by atoms with Crippen LogP contribution in [0.5, 0.6) is 0 Å². The molecule has 1 atom stereocenters. The van der Waals surface area contributed by atoms with Crippen molar-refractivity contribution in [1.29, 1.82) is 0 Å². The SMILES string of the molecule is Cn1cc(C(F)C(=O)O)nn1. The smallest absolute Gasteiger partial charge is 0.344 e. The number of aromatic nitrogens is 3. The number of alkyl halides is 1. The van der Waals surface area contributed by atoms with Gasteiger partial charge in [0.25, 0.3) is 0 Å². The van der Waals surface area contributed by atoms with Crippen molar-refractivity contribution in [1.82, 2.24) is 15.0 Å². The molecular weight excluding hydrogens is 153 g/mol. The minimum absolute atomic E-state index is 0.181. The molecule has 0 aliphatic heterocycles. The molecule has 5 nitrogen and oxygen atoms in total. The number of hydrogen-bond donors (Lipinski definition) is 1. The van der Waals surface area contributed by atoms with Crippen molar-refractivity contribution in [3.05, 3.63) is 11.9 Å². The van der Waals surface area contributed by atoms with Gasteiger partial charge in [0.2, 0.25) is 6.17 Å². The third-order valence-electron chi connectivity index (χ3n) is 1.10. The minimum atomic E-state index is -2.08. The van der Waals surface area contributed by atoms with E-state index in [1.54, 1.807) is 0 Å². The first kappa shape index (κ1) is 7.64. The molecule has 11 heavy (non-hydrogen) atoms. The molecule has 0 radical (unpaired) electrons. The number of carboxylic acid groups (broad SMARTS) is 1. The van der Waals surface area contributed by atoms with E-state index in [1.807, 2.05) is 0 Å². The first-order chi connectivity index (χ1) is 5.11. The van der Waals surface area contributed by atoms with Crippen LogP contribution in [-0.4, -0.2) is 26.1 Å². The van der Waals surface area contributed by atoms with E-state index in [1.165, 1.54) is 17.9 Å². The van der Waals surface area contributed by atoms with Gasteiger partial charge in [-0.1, -0.05) is 5.21 Å². The molecule has 1 aromatic heterocycles. The van der Waals surface area contributed by atoms with Crippen molar-refractivity contribution in [3.63, 3.8) is 0 Å². The average molecular weight is 159 g/mol. The maximum absolute atomic E-state index is 12.6. The number of carboxylic acids is 1. The predicted molar refractivity (Wildman–Crippen MR) is 32.5 cm³/mol. The van der Waals surface area contributed by atoms with Gasteiger partial charge in [-0.2, -0.15) is 0 Å². The van der Waals surface area contributed by atoms with Crippen LogP contribution in [0, 0.1) is 0 Å². The molecule has 1 aromatic rings. The molecule has 1 rings (SSSR count). The summed E-state index contributed by atoms with van der Waals surface area (Å²) in [5.41, 5.74) is -0.181. The summed E-state index contributed by atoms with van der Waals surface area (Å²) >= 11 is 0. The van der Waals surface area contributed by atoms with Crippen LogP contribution in [0.15, 0.2) is 6.20 Å². The van der Waals surface area contributed by atoms with E-state index in [-0.39, 0.29) is 5.69 Å². The van der Waals surface area contributed by atoms with E-state index < -0.39 is 12.1 Å². The molecule has 60 valence electrons. The van der Waals surface area contributed by atoms with Gasteiger partial charge in [-0.15, -0.1) is 5.10 Å². The maximum atomic E-state index is 12.6. The normalized spacial score (nSPS) is 12.9. The molecule has 1 N–H and O–H groups in total. The van der Waals surface area contributed by atoms with Crippen LogP contribution < -0.4 is 0 Å². The number of nitrogens with zero attached hydrogens (tertiary/aromatic N) is 3. The number of aryl methyl sites for hydroxylation is 1. The summed E-state index contributed by atoms with van der Waals surface area (Å²) < 4.78 is 13.8. The average Bonchev–Trinajstić information content (AvgIpc) is 2.34. The van der Waals surface area contributed by atoms with Gasteiger partial charge in [0.15, 0.2) is 0 Å². The highest BCUT2D eigenvalue weighted by Gasteiger charge is 2.21. The van der Waals surface area contributed by atoms with Gasteiger partial charge in [-0.05, 0) is 0 Å². The lowest BCUT2D eigenvalue weighted by Gasteiger charge is -1.93. The third kappa shape index (κ3) is 1.51. The lowest BCUT2D eigenvalue weighted by molar-refractivity contribution is -0.143. The van der Waals surface area contributed by atoms with Gasteiger partial charge >= 0.3 is 5.97 Å². The number of aliphatic carboxylic acids is 1. The highest BCUT2D eigenvalue weighted by atomic mass is 19.1. The number of rotatable bonds is 2. The molecule has 0 saturated carbocycles. The Morgan fingerprint density at radius 2 is 2.55 bits per heavy atom. The topological polar surface area (TPSA) is 68.0 Å². The fourth-order valence-electron chi connectivity index (χ4n) is 0.608. The van der Waals surface area contributed by atoms with E-state index in [9.17, 15) is 9.18 Å². The highest BCUT2D eigenvalue weighted by molar-refractivity contribution is 5.73. The standard InChI is InChI=1S/C5H6FN3O2/c1-9-2-3(7-8-9)4(6)5(10)11/h2,4H,1H3,(H,10,11). The van der Waals surface area contributed by atoms with Crippen molar-refractivity contribution in [2.75, 3.05) is 0 Å². The first-order valence-corrected chi connectivity index (χ1v) is 2.84. The zero-order chi connectivity index (χ0) is 8.43. The van der Waals surface area contributed by atoms with Crippen LogP contribution >= 0.6 is 0 Å². The van der Waals surface area contributed by atoms with Crippen LogP contribution in [0.25, 0.3) is 0 Å². The van der Waals surface area contributed by atoms with E-state index in [0.717, 1.165) is 0 Å². The van der Waals surface area contributed by atoms with Crippen LogP contribution in [0.3, 0.4) is 0 Å². The Balaban J connectivity index is 2.84. The third-order valence-corrected chi connectivity index (χ3v) is 1.10. The Labute approximate surface area is 61.4 Å². The number of carbonyl (C=O) groups is 1. The Morgan fingerprint density at radius 3 is 2.91 bits per heavy atom. The molecule has 0 fully saturated rings. The molecular formula is C5H6FN3O2. The highest BCUT2D eigenvalue weighted by Crippen LogP contribution is 2.12. The van der Waals surface area contributed by atoms with Crippen molar-refractivity contribution in [3.8, 4) is 0 Å². The van der Waals surface area contributed by atoms with Crippen molar-refractivity contribution in [2.24, 2.45) is 7.05 Å². The molecule has 0 spiro atoms. The second-order valence-electron chi connectivity index (χ2n) is 2.02. The van der Waals surface area contributed by atoms with Crippen molar-refractivity contribution in [2.45, 2.75) is 6.17 Å².